The van der Waals surface area contributed by atoms with Gasteiger partial charge in [-0.15, -0.1) is 0 Å². The van der Waals surface area contributed by atoms with Crippen molar-refractivity contribution in [1.82, 2.24) is 0 Å². The number of carbonyl (C=O) groups is 2. The fourth-order valence-corrected chi connectivity index (χ4v) is 2.21. The molecule has 0 fully saturated rings. The molecule has 2 aromatic carbocycles. The number of hydrogen-bond acceptors (Lipinski definition) is 3. The van der Waals surface area contributed by atoms with Gasteiger partial charge in [0.05, 0.1) is 17.3 Å². The standard InChI is InChI=1S/C16H14Cl2N2O3/c1-2-23-12-6-4-11(5-7-12)19-15(21)16(22)20-14-8-3-10(17)9-13(14)18/h3-9H,2H2,1H3,(H,19,21)(H,20,22). The van der Waals surface area contributed by atoms with Crippen LogP contribution in [0.4, 0.5) is 11.4 Å². The molecule has 0 radical (unpaired) electrons. The van der Waals surface area contributed by atoms with E-state index in [9.17, 15) is 9.59 Å². The molecule has 0 aromatic heterocycles. The van der Waals surface area contributed by atoms with Crippen LogP contribution >= 0.6 is 23.2 Å². The van der Waals surface area contributed by atoms with Gasteiger partial charge >= 0.3 is 11.8 Å². The maximum atomic E-state index is 11.9. The average Bonchev–Trinajstić information content (AvgIpc) is 2.52. The monoisotopic (exact) mass is 352 g/mol. The van der Waals surface area contributed by atoms with Crippen molar-refractivity contribution >= 4 is 46.4 Å². The Morgan fingerprint density at radius 2 is 1.65 bits per heavy atom. The highest BCUT2D eigenvalue weighted by molar-refractivity contribution is 6.45. The smallest absolute Gasteiger partial charge is 0.314 e. The van der Waals surface area contributed by atoms with Crippen molar-refractivity contribution in [3.8, 4) is 5.75 Å². The van der Waals surface area contributed by atoms with Crippen LogP contribution in [0.25, 0.3) is 0 Å². The number of rotatable bonds is 4. The first-order valence-electron chi connectivity index (χ1n) is 6.80. The van der Waals surface area contributed by atoms with Gasteiger partial charge < -0.3 is 15.4 Å². The fraction of sp³-hybridized carbons (Fsp3) is 0.125. The van der Waals surface area contributed by atoms with Crippen LogP contribution in [0.5, 0.6) is 5.75 Å². The van der Waals surface area contributed by atoms with E-state index in [1.807, 2.05) is 6.92 Å². The fourth-order valence-electron chi connectivity index (χ4n) is 1.76. The Balaban J connectivity index is 1.98. The summed E-state index contributed by atoms with van der Waals surface area (Å²) in [6.07, 6.45) is 0. The van der Waals surface area contributed by atoms with Crippen LogP contribution in [-0.4, -0.2) is 18.4 Å². The van der Waals surface area contributed by atoms with Crippen LogP contribution in [0.1, 0.15) is 6.92 Å². The van der Waals surface area contributed by atoms with Gasteiger partial charge in [0.25, 0.3) is 0 Å². The molecule has 2 N–H and O–H groups in total. The lowest BCUT2D eigenvalue weighted by molar-refractivity contribution is -0.132. The average molecular weight is 353 g/mol. The van der Waals surface area contributed by atoms with Crippen molar-refractivity contribution in [3.63, 3.8) is 0 Å². The number of benzene rings is 2. The van der Waals surface area contributed by atoms with Crippen LogP contribution < -0.4 is 15.4 Å². The molecule has 23 heavy (non-hydrogen) atoms. The summed E-state index contributed by atoms with van der Waals surface area (Å²) >= 11 is 11.7. The quantitative estimate of drug-likeness (QED) is 0.818. The highest BCUT2D eigenvalue weighted by Gasteiger charge is 2.15. The van der Waals surface area contributed by atoms with E-state index in [0.717, 1.165) is 0 Å². The van der Waals surface area contributed by atoms with Gasteiger partial charge in [0.15, 0.2) is 0 Å². The third-order valence-corrected chi connectivity index (χ3v) is 3.36. The zero-order chi connectivity index (χ0) is 16.8. The lowest BCUT2D eigenvalue weighted by Crippen LogP contribution is -2.29. The molecule has 0 aliphatic heterocycles. The topological polar surface area (TPSA) is 67.4 Å². The predicted octanol–water partition coefficient (Wildman–Crippen LogP) is 3.97. The summed E-state index contributed by atoms with van der Waals surface area (Å²) in [6, 6.07) is 11.3. The molecule has 0 heterocycles. The molecule has 0 unspecified atom stereocenters. The lowest BCUT2D eigenvalue weighted by atomic mass is 10.3. The molecule has 2 amide bonds. The summed E-state index contributed by atoms with van der Waals surface area (Å²) in [5.74, 6) is -0.953. The molecular weight excluding hydrogens is 339 g/mol. The van der Waals surface area contributed by atoms with Gasteiger partial charge in [-0.25, -0.2) is 0 Å². The second kappa shape index (κ2) is 7.85. The minimum atomic E-state index is -0.830. The molecule has 0 saturated carbocycles. The number of amides is 2. The Kier molecular flexibility index (Phi) is 5.84. The van der Waals surface area contributed by atoms with E-state index in [1.165, 1.54) is 12.1 Å². The summed E-state index contributed by atoms with van der Waals surface area (Å²) in [5, 5.41) is 5.60. The van der Waals surface area contributed by atoms with Crippen LogP contribution in [-0.2, 0) is 9.59 Å². The van der Waals surface area contributed by atoms with Crippen molar-refractivity contribution in [2.75, 3.05) is 17.2 Å². The maximum absolute atomic E-state index is 11.9. The molecule has 7 heteroatoms. The number of hydrogen-bond donors (Lipinski definition) is 2. The molecule has 0 aliphatic rings. The molecule has 0 atom stereocenters. The van der Waals surface area contributed by atoms with Crippen LogP contribution in [0.15, 0.2) is 42.5 Å². The largest absolute Gasteiger partial charge is 0.494 e. The van der Waals surface area contributed by atoms with Gasteiger partial charge in [0.2, 0.25) is 0 Å². The summed E-state index contributed by atoms with van der Waals surface area (Å²) < 4.78 is 5.30. The van der Waals surface area contributed by atoms with Gasteiger partial charge in [-0.2, -0.15) is 0 Å². The minimum Gasteiger partial charge on any atom is -0.494 e. The van der Waals surface area contributed by atoms with Gasteiger partial charge in [0, 0.05) is 10.7 Å². The van der Waals surface area contributed by atoms with Crippen LogP contribution in [0.2, 0.25) is 10.0 Å². The first-order valence-corrected chi connectivity index (χ1v) is 7.55. The number of anilines is 2. The summed E-state index contributed by atoms with van der Waals surface area (Å²) in [5.41, 5.74) is 0.790. The van der Waals surface area contributed by atoms with Crippen molar-refractivity contribution in [2.24, 2.45) is 0 Å². The molecule has 5 nitrogen and oxygen atoms in total. The van der Waals surface area contributed by atoms with Crippen molar-refractivity contribution in [3.05, 3.63) is 52.5 Å². The van der Waals surface area contributed by atoms with E-state index in [-0.39, 0.29) is 5.02 Å². The Morgan fingerprint density at radius 3 is 2.26 bits per heavy atom. The van der Waals surface area contributed by atoms with Crippen LogP contribution in [0.3, 0.4) is 0 Å². The molecule has 2 aromatic rings. The zero-order valence-electron chi connectivity index (χ0n) is 12.2. The molecule has 2 rings (SSSR count). The van der Waals surface area contributed by atoms with Gasteiger partial charge in [-0.3, -0.25) is 9.59 Å². The van der Waals surface area contributed by atoms with Crippen molar-refractivity contribution in [1.29, 1.82) is 0 Å². The summed E-state index contributed by atoms with van der Waals surface area (Å²) in [6.45, 7) is 2.43. The number of carbonyl (C=O) groups excluding carboxylic acids is 2. The van der Waals surface area contributed by atoms with Crippen LogP contribution in [0, 0.1) is 0 Å². The van der Waals surface area contributed by atoms with E-state index >= 15 is 0 Å². The predicted molar refractivity (Wildman–Crippen MR) is 91.3 cm³/mol. The molecular formula is C16H14Cl2N2O3. The highest BCUT2D eigenvalue weighted by atomic mass is 35.5. The highest BCUT2D eigenvalue weighted by Crippen LogP contribution is 2.25. The Bertz CT molecular complexity index is 718. The maximum Gasteiger partial charge on any atom is 0.314 e. The third-order valence-electron chi connectivity index (χ3n) is 2.81. The lowest BCUT2D eigenvalue weighted by Gasteiger charge is -2.09. The van der Waals surface area contributed by atoms with E-state index < -0.39 is 11.8 Å². The SMILES string of the molecule is CCOc1ccc(NC(=O)C(=O)Nc2ccc(Cl)cc2Cl)cc1. The zero-order valence-corrected chi connectivity index (χ0v) is 13.7. The number of halogens is 2. The molecule has 0 bridgehead atoms. The van der Waals surface area contributed by atoms with E-state index in [0.29, 0.717) is 28.8 Å². The Morgan fingerprint density at radius 1 is 1.00 bits per heavy atom. The van der Waals surface area contributed by atoms with E-state index in [4.69, 9.17) is 27.9 Å². The number of ether oxygens (including phenoxy) is 1. The third kappa shape index (κ3) is 4.87. The van der Waals surface area contributed by atoms with Crippen molar-refractivity contribution < 1.29 is 14.3 Å². The Hall–Kier alpha value is -2.24. The first kappa shape index (κ1) is 17.1. The Labute approximate surface area is 143 Å². The normalized spacial score (nSPS) is 10.0. The van der Waals surface area contributed by atoms with Gasteiger partial charge in [-0.1, -0.05) is 23.2 Å². The summed E-state index contributed by atoms with van der Waals surface area (Å²) in [7, 11) is 0. The minimum absolute atomic E-state index is 0.250. The molecule has 120 valence electrons. The number of nitrogens with one attached hydrogen (secondary N) is 2. The van der Waals surface area contributed by atoms with Gasteiger partial charge in [-0.05, 0) is 49.4 Å². The van der Waals surface area contributed by atoms with Crippen molar-refractivity contribution in [2.45, 2.75) is 6.92 Å². The second-order valence-corrected chi connectivity index (χ2v) is 5.33. The molecule has 0 spiro atoms. The molecule has 0 saturated heterocycles. The summed E-state index contributed by atoms with van der Waals surface area (Å²) in [4.78, 5) is 23.8. The van der Waals surface area contributed by atoms with Gasteiger partial charge in [0.1, 0.15) is 5.75 Å². The molecule has 0 aliphatic carbocycles. The van der Waals surface area contributed by atoms with E-state index in [1.54, 1.807) is 30.3 Å². The first-order chi connectivity index (χ1) is 11.0. The second-order valence-electron chi connectivity index (χ2n) is 4.49. The van der Waals surface area contributed by atoms with E-state index in [2.05, 4.69) is 10.6 Å².